The van der Waals surface area contributed by atoms with Gasteiger partial charge >= 0.3 is 0 Å². The zero-order chi connectivity index (χ0) is 13.4. The lowest BCUT2D eigenvalue weighted by Gasteiger charge is -2.22. The van der Waals surface area contributed by atoms with Crippen LogP contribution in [0.4, 0.5) is 0 Å². The molecule has 2 heteroatoms. The summed E-state index contributed by atoms with van der Waals surface area (Å²) in [7, 11) is 0. The monoisotopic (exact) mass is 248 g/mol. The number of aliphatic hydroxyl groups is 1. The van der Waals surface area contributed by atoms with Gasteiger partial charge in [-0.25, -0.2) is 0 Å². The third kappa shape index (κ3) is 4.26. The topological polar surface area (TPSA) is 37.3 Å². The smallest absolute Gasteiger partial charge is 0.168 e. The van der Waals surface area contributed by atoms with Crippen LogP contribution in [0.1, 0.15) is 57.9 Å². The van der Waals surface area contributed by atoms with Gasteiger partial charge < -0.3 is 5.11 Å². The molecule has 1 aromatic carbocycles. The zero-order valence-electron chi connectivity index (χ0n) is 11.5. The molecule has 1 rings (SSSR count). The second-order valence-corrected chi connectivity index (χ2v) is 5.03. The van der Waals surface area contributed by atoms with Gasteiger partial charge in [0.05, 0.1) is 0 Å². The Morgan fingerprint density at radius 1 is 1.11 bits per heavy atom. The summed E-state index contributed by atoms with van der Waals surface area (Å²) >= 11 is 0. The third-order valence-electron chi connectivity index (χ3n) is 3.39. The van der Waals surface area contributed by atoms with Gasteiger partial charge in [-0.2, -0.15) is 0 Å². The molecule has 0 radical (unpaired) electrons. The van der Waals surface area contributed by atoms with Crippen LogP contribution in [0.15, 0.2) is 30.3 Å². The predicted octanol–water partition coefficient (Wildman–Crippen LogP) is 3.82. The molecule has 0 saturated carbocycles. The summed E-state index contributed by atoms with van der Waals surface area (Å²) < 4.78 is 0. The minimum atomic E-state index is -1.34. The van der Waals surface area contributed by atoms with E-state index in [0.717, 1.165) is 12.8 Å². The summed E-state index contributed by atoms with van der Waals surface area (Å²) in [6, 6.07) is 9.18. The maximum absolute atomic E-state index is 12.0. The van der Waals surface area contributed by atoms with E-state index < -0.39 is 5.60 Å². The van der Waals surface area contributed by atoms with E-state index in [-0.39, 0.29) is 5.78 Å². The summed E-state index contributed by atoms with van der Waals surface area (Å²) in [5, 5.41) is 10.3. The van der Waals surface area contributed by atoms with Crippen molar-refractivity contribution >= 4 is 5.78 Å². The summed E-state index contributed by atoms with van der Waals surface area (Å²) in [6.45, 7) is 3.77. The Bertz CT molecular complexity index is 355. The average molecular weight is 248 g/mol. The fraction of sp³-hybridized carbons (Fsp3) is 0.562. The average Bonchev–Trinajstić information content (AvgIpc) is 2.39. The molecule has 1 atom stereocenters. The lowest BCUT2D eigenvalue weighted by Crippen LogP contribution is -2.32. The van der Waals surface area contributed by atoms with E-state index in [1.54, 1.807) is 19.1 Å². The molecular formula is C16H24O2. The first-order valence-electron chi connectivity index (χ1n) is 6.90. The molecule has 0 aliphatic heterocycles. The van der Waals surface area contributed by atoms with Crippen LogP contribution in [0.3, 0.4) is 0 Å². The van der Waals surface area contributed by atoms with Crippen LogP contribution < -0.4 is 0 Å². The SMILES string of the molecule is CCCCCCCC(=O)C(C)(O)c1ccccc1. The molecule has 0 aliphatic rings. The van der Waals surface area contributed by atoms with Crippen LogP contribution in [0.5, 0.6) is 0 Å². The summed E-state index contributed by atoms with van der Waals surface area (Å²) in [5.74, 6) is -0.0785. The Hall–Kier alpha value is -1.15. The highest BCUT2D eigenvalue weighted by Crippen LogP contribution is 2.23. The zero-order valence-corrected chi connectivity index (χ0v) is 11.5. The van der Waals surface area contributed by atoms with Crippen LogP contribution in [-0.4, -0.2) is 10.9 Å². The maximum Gasteiger partial charge on any atom is 0.168 e. The molecule has 0 fully saturated rings. The molecule has 0 bridgehead atoms. The van der Waals surface area contributed by atoms with Crippen molar-refractivity contribution in [3.8, 4) is 0 Å². The molecular weight excluding hydrogens is 224 g/mol. The molecule has 2 nitrogen and oxygen atoms in total. The molecule has 0 amide bonds. The van der Waals surface area contributed by atoms with Crippen LogP contribution in [0, 0.1) is 0 Å². The summed E-state index contributed by atoms with van der Waals surface area (Å²) in [6.07, 6.45) is 6.02. The van der Waals surface area contributed by atoms with Gasteiger partial charge in [0.1, 0.15) is 5.60 Å². The normalized spacial score (nSPS) is 14.2. The number of Topliss-reactive ketones (excluding diaryl/α,β-unsaturated/α-hetero) is 1. The second kappa shape index (κ2) is 7.32. The van der Waals surface area contributed by atoms with Crippen molar-refractivity contribution in [3.05, 3.63) is 35.9 Å². The molecule has 0 aromatic heterocycles. The Labute approximate surface area is 110 Å². The van der Waals surface area contributed by atoms with Crippen LogP contribution in [0.25, 0.3) is 0 Å². The molecule has 1 N–H and O–H groups in total. The van der Waals surface area contributed by atoms with E-state index in [4.69, 9.17) is 0 Å². The van der Waals surface area contributed by atoms with Gasteiger partial charge in [-0.3, -0.25) is 4.79 Å². The Balaban J connectivity index is 2.45. The van der Waals surface area contributed by atoms with Crippen LogP contribution >= 0.6 is 0 Å². The van der Waals surface area contributed by atoms with E-state index in [2.05, 4.69) is 6.92 Å². The van der Waals surface area contributed by atoms with Crippen molar-refractivity contribution in [2.45, 2.75) is 58.0 Å². The lowest BCUT2D eigenvalue weighted by atomic mass is 9.89. The van der Waals surface area contributed by atoms with Gasteiger partial charge in [0.15, 0.2) is 5.78 Å². The van der Waals surface area contributed by atoms with Crippen molar-refractivity contribution in [1.82, 2.24) is 0 Å². The molecule has 0 spiro atoms. The lowest BCUT2D eigenvalue weighted by molar-refractivity contribution is -0.136. The number of carbonyl (C=O) groups is 1. The fourth-order valence-corrected chi connectivity index (χ4v) is 2.06. The molecule has 100 valence electrons. The number of benzene rings is 1. The van der Waals surface area contributed by atoms with Crippen molar-refractivity contribution in [2.75, 3.05) is 0 Å². The van der Waals surface area contributed by atoms with E-state index in [0.29, 0.717) is 12.0 Å². The van der Waals surface area contributed by atoms with E-state index in [1.807, 2.05) is 18.2 Å². The fourth-order valence-electron chi connectivity index (χ4n) is 2.06. The molecule has 0 saturated heterocycles. The molecule has 1 unspecified atom stereocenters. The highest BCUT2D eigenvalue weighted by molar-refractivity contribution is 5.87. The molecule has 0 heterocycles. The Morgan fingerprint density at radius 2 is 1.72 bits per heavy atom. The first-order valence-corrected chi connectivity index (χ1v) is 6.90. The van der Waals surface area contributed by atoms with Gasteiger partial charge in [0.25, 0.3) is 0 Å². The van der Waals surface area contributed by atoms with E-state index in [9.17, 15) is 9.90 Å². The van der Waals surface area contributed by atoms with E-state index in [1.165, 1.54) is 19.3 Å². The summed E-state index contributed by atoms with van der Waals surface area (Å²) in [5.41, 5.74) is -0.657. The standard InChI is InChI=1S/C16H24O2/c1-3-4-5-6-10-13-15(17)16(2,18)14-11-8-7-9-12-14/h7-9,11-12,18H,3-6,10,13H2,1-2H3. The molecule has 18 heavy (non-hydrogen) atoms. The highest BCUT2D eigenvalue weighted by atomic mass is 16.3. The number of unbranched alkanes of at least 4 members (excludes halogenated alkanes) is 4. The van der Waals surface area contributed by atoms with Gasteiger partial charge in [-0.05, 0) is 18.9 Å². The number of rotatable bonds is 8. The minimum absolute atomic E-state index is 0.0785. The van der Waals surface area contributed by atoms with E-state index >= 15 is 0 Å². The number of hydrogen-bond donors (Lipinski definition) is 1. The number of hydrogen-bond acceptors (Lipinski definition) is 2. The van der Waals surface area contributed by atoms with Crippen LogP contribution in [0.2, 0.25) is 0 Å². The van der Waals surface area contributed by atoms with Crippen molar-refractivity contribution < 1.29 is 9.90 Å². The summed E-state index contributed by atoms with van der Waals surface area (Å²) in [4.78, 5) is 12.0. The number of carbonyl (C=O) groups excluding carboxylic acids is 1. The van der Waals surface area contributed by atoms with Crippen molar-refractivity contribution in [3.63, 3.8) is 0 Å². The minimum Gasteiger partial charge on any atom is -0.378 e. The third-order valence-corrected chi connectivity index (χ3v) is 3.39. The molecule has 1 aromatic rings. The molecule has 0 aliphatic carbocycles. The quantitative estimate of drug-likeness (QED) is 0.710. The first-order chi connectivity index (χ1) is 8.59. The maximum atomic E-state index is 12.0. The Morgan fingerprint density at radius 3 is 2.33 bits per heavy atom. The van der Waals surface area contributed by atoms with Gasteiger partial charge in [-0.1, -0.05) is 62.9 Å². The van der Waals surface area contributed by atoms with Gasteiger partial charge in [0, 0.05) is 6.42 Å². The van der Waals surface area contributed by atoms with Crippen LogP contribution in [-0.2, 0) is 10.4 Å². The van der Waals surface area contributed by atoms with Crippen molar-refractivity contribution in [2.24, 2.45) is 0 Å². The number of ketones is 1. The predicted molar refractivity (Wildman–Crippen MR) is 74.4 cm³/mol. The second-order valence-electron chi connectivity index (χ2n) is 5.03. The van der Waals surface area contributed by atoms with Crippen molar-refractivity contribution in [1.29, 1.82) is 0 Å². The Kier molecular flexibility index (Phi) is 6.06. The van der Waals surface area contributed by atoms with Gasteiger partial charge in [-0.15, -0.1) is 0 Å². The first kappa shape index (κ1) is 14.9. The van der Waals surface area contributed by atoms with Gasteiger partial charge in [0.2, 0.25) is 0 Å². The largest absolute Gasteiger partial charge is 0.378 e. The highest BCUT2D eigenvalue weighted by Gasteiger charge is 2.30.